The van der Waals surface area contributed by atoms with E-state index in [4.69, 9.17) is 0 Å². The maximum absolute atomic E-state index is 13.6. The first kappa shape index (κ1) is 21.4. The largest absolute Gasteiger partial charge is 0.348 e. The van der Waals surface area contributed by atoms with E-state index >= 15 is 0 Å². The molecule has 1 aliphatic heterocycles. The average molecular weight is 440 g/mol. The lowest BCUT2D eigenvalue weighted by Crippen LogP contribution is -2.45. The van der Waals surface area contributed by atoms with Crippen LogP contribution in [0, 0.1) is 5.82 Å². The van der Waals surface area contributed by atoms with E-state index in [1.807, 2.05) is 0 Å². The minimum Gasteiger partial charge on any atom is -0.348 e. The predicted octanol–water partition coefficient (Wildman–Crippen LogP) is 2.58. The maximum Gasteiger partial charge on any atom is 0.313 e. The maximum atomic E-state index is 13.6. The summed E-state index contributed by atoms with van der Waals surface area (Å²) in [4.78, 5) is 23.9. The van der Waals surface area contributed by atoms with Crippen LogP contribution < -0.4 is 10.6 Å². The van der Waals surface area contributed by atoms with Gasteiger partial charge in [-0.1, -0.05) is 24.6 Å². The first-order valence-electron chi connectivity index (χ1n) is 9.28. The van der Waals surface area contributed by atoms with Gasteiger partial charge in [-0.2, -0.15) is 4.31 Å². The van der Waals surface area contributed by atoms with Gasteiger partial charge in [0.2, 0.25) is 0 Å². The number of hydrogen-bond donors (Lipinski definition) is 2. The van der Waals surface area contributed by atoms with Crippen LogP contribution >= 0.6 is 11.3 Å². The molecule has 7 nitrogen and oxygen atoms in total. The van der Waals surface area contributed by atoms with Gasteiger partial charge in [-0.25, -0.2) is 12.8 Å². The lowest BCUT2D eigenvalue weighted by Gasteiger charge is -2.34. The van der Waals surface area contributed by atoms with Crippen LogP contribution in [0.3, 0.4) is 0 Å². The van der Waals surface area contributed by atoms with E-state index in [9.17, 15) is 22.4 Å². The molecule has 0 bridgehead atoms. The van der Waals surface area contributed by atoms with Crippen molar-refractivity contribution < 1.29 is 22.4 Å². The topological polar surface area (TPSA) is 95.6 Å². The first-order valence-corrected chi connectivity index (χ1v) is 11.6. The van der Waals surface area contributed by atoms with Gasteiger partial charge in [-0.05, 0) is 42.8 Å². The number of anilines is 1. The molecule has 1 fully saturated rings. The van der Waals surface area contributed by atoms with E-state index in [1.165, 1.54) is 33.8 Å². The number of nitrogens with one attached hydrogen (secondary N) is 2. The molecule has 0 aliphatic carbocycles. The fourth-order valence-corrected chi connectivity index (χ4v) is 6.12. The number of halogens is 1. The Bertz CT molecular complexity index is 964. The summed E-state index contributed by atoms with van der Waals surface area (Å²) in [5.74, 6) is -2.50. The fraction of sp³-hybridized carbons (Fsp3) is 0.368. The Morgan fingerprint density at radius 2 is 1.93 bits per heavy atom. The number of hydrogen-bond acceptors (Lipinski definition) is 5. The van der Waals surface area contributed by atoms with Crippen molar-refractivity contribution in [2.75, 3.05) is 18.4 Å². The van der Waals surface area contributed by atoms with Gasteiger partial charge in [0, 0.05) is 19.1 Å². The highest BCUT2D eigenvalue weighted by atomic mass is 32.2. The Hall–Kier alpha value is -2.30. The molecule has 10 heteroatoms. The number of carbonyl (C=O) groups is 2. The normalized spacial score (nSPS) is 17.6. The molecule has 1 aliphatic rings. The second-order valence-electron chi connectivity index (χ2n) is 6.68. The van der Waals surface area contributed by atoms with Crippen molar-refractivity contribution in [2.24, 2.45) is 0 Å². The highest BCUT2D eigenvalue weighted by Gasteiger charge is 2.33. The molecular weight excluding hydrogens is 417 g/mol. The number of thiophene rings is 1. The van der Waals surface area contributed by atoms with E-state index in [0.717, 1.165) is 12.8 Å². The van der Waals surface area contributed by atoms with Crippen molar-refractivity contribution in [2.45, 2.75) is 35.9 Å². The van der Waals surface area contributed by atoms with Gasteiger partial charge >= 0.3 is 11.8 Å². The Kier molecular flexibility index (Phi) is 6.99. The van der Waals surface area contributed by atoms with Crippen molar-refractivity contribution in [3.05, 3.63) is 47.6 Å². The van der Waals surface area contributed by atoms with Gasteiger partial charge in [0.1, 0.15) is 10.0 Å². The third-order valence-electron chi connectivity index (χ3n) is 4.72. The molecule has 2 heterocycles. The van der Waals surface area contributed by atoms with Gasteiger partial charge in [-0.3, -0.25) is 9.59 Å². The van der Waals surface area contributed by atoms with E-state index in [2.05, 4.69) is 10.6 Å². The van der Waals surface area contributed by atoms with Gasteiger partial charge in [-0.15, -0.1) is 11.3 Å². The average Bonchev–Trinajstić information content (AvgIpc) is 3.25. The number of sulfonamides is 1. The first-order chi connectivity index (χ1) is 13.9. The summed E-state index contributed by atoms with van der Waals surface area (Å²) in [5.41, 5.74) is -0.0758. The molecule has 3 rings (SSSR count). The van der Waals surface area contributed by atoms with Crippen molar-refractivity contribution in [3.8, 4) is 0 Å². The Morgan fingerprint density at radius 3 is 2.66 bits per heavy atom. The van der Waals surface area contributed by atoms with Crippen LogP contribution in [0.5, 0.6) is 0 Å². The summed E-state index contributed by atoms with van der Waals surface area (Å²) in [5, 5.41) is 6.43. The van der Waals surface area contributed by atoms with Crippen LogP contribution in [0.2, 0.25) is 0 Å². The van der Waals surface area contributed by atoms with E-state index in [1.54, 1.807) is 23.6 Å². The predicted molar refractivity (Wildman–Crippen MR) is 109 cm³/mol. The molecule has 0 saturated carbocycles. The summed E-state index contributed by atoms with van der Waals surface area (Å²) < 4.78 is 41.1. The lowest BCUT2D eigenvalue weighted by atomic mass is 10.0. The van der Waals surface area contributed by atoms with Crippen molar-refractivity contribution in [1.29, 1.82) is 0 Å². The van der Waals surface area contributed by atoms with Crippen LogP contribution in [-0.4, -0.2) is 43.7 Å². The van der Waals surface area contributed by atoms with Gasteiger partial charge in [0.25, 0.3) is 10.0 Å². The molecule has 1 aromatic heterocycles. The third kappa shape index (κ3) is 5.20. The highest BCUT2D eigenvalue weighted by Crippen LogP contribution is 2.29. The number of benzene rings is 1. The zero-order valence-electron chi connectivity index (χ0n) is 15.6. The molecule has 1 atom stereocenters. The van der Waals surface area contributed by atoms with E-state index < -0.39 is 27.7 Å². The Morgan fingerprint density at radius 1 is 1.14 bits per heavy atom. The zero-order chi connectivity index (χ0) is 20.9. The highest BCUT2D eigenvalue weighted by molar-refractivity contribution is 7.91. The quantitative estimate of drug-likeness (QED) is 0.677. The molecule has 1 aromatic carbocycles. The molecule has 0 spiro atoms. The van der Waals surface area contributed by atoms with Crippen molar-refractivity contribution in [3.63, 3.8) is 0 Å². The monoisotopic (exact) mass is 439 g/mol. The number of rotatable bonds is 6. The summed E-state index contributed by atoms with van der Waals surface area (Å²) in [6.45, 7) is 0.581. The second kappa shape index (κ2) is 9.47. The summed E-state index contributed by atoms with van der Waals surface area (Å²) in [6, 6.07) is 8.60. The van der Waals surface area contributed by atoms with E-state index in [-0.39, 0.29) is 18.3 Å². The van der Waals surface area contributed by atoms with E-state index in [0.29, 0.717) is 23.6 Å². The van der Waals surface area contributed by atoms with Gasteiger partial charge < -0.3 is 10.6 Å². The molecule has 1 saturated heterocycles. The Balaban J connectivity index is 1.55. The fourth-order valence-electron chi connectivity index (χ4n) is 3.28. The lowest BCUT2D eigenvalue weighted by molar-refractivity contribution is -0.136. The van der Waals surface area contributed by atoms with Crippen LogP contribution in [0.4, 0.5) is 10.1 Å². The van der Waals surface area contributed by atoms with Crippen molar-refractivity contribution >= 4 is 38.9 Å². The minimum absolute atomic E-state index is 0.0758. The smallest absolute Gasteiger partial charge is 0.313 e. The molecule has 0 unspecified atom stereocenters. The zero-order valence-corrected chi connectivity index (χ0v) is 17.3. The number of carbonyl (C=O) groups excluding carboxylic acids is 2. The van der Waals surface area contributed by atoms with Crippen LogP contribution in [0.1, 0.15) is 25.7 Å². The molecule has 156 valence electrons. The Labute approximate surface area is 173 Å². The van der Waals surface area contributed by atoms with Gasteiger partial charge in [0.15, 0.2) is 0 Å². The van der Waals surface area contributed by atoms with Crippen LogP contribution in [0.15, 0.2) is 46.0 Å². The van der Waals surface area contributed by atoms with Crippen molar-refractivity contribution in [1.82, 2.24) is 9.62 Å². The SMILES string of the molecule is O=C(NCC[C@@H]1CCCCN1S(=O)(=O)c1cccs1)C(=O)Nc1ccccc1F. The van der Waals surface area contributed by atoms with Crippen LogP contribution in [0.25, 0.3) is 0 Å². The number of nitrogens with zero attached hydrogens (tertiary/aromatic N) is 1. The summed E-state index contributed by atoms with van der Waals surface area (Å²) in [7, 11) is -3.56. The minimum atomic E-state index is -3.56. The molecular formula is C19H22FN3O4S2. The molecule has 2 aromatic rings. The molecule has 0 radical (unpaired) electrons. The number of piperidine rings is 1. The third-order valence-corrected chi connectivity index (χ3v) is 8.05. The molecule has 2 amide bonds. The molecule has 2 N–H and O–H groups in total. The summed E-state index contributed by atoms with van der Waals surface area (Å²) >= 11 is 1.18. The standard InChI is InChI=1S/C19H22FN3O4S2/c20-15-7-1-2-8-16(15)22-19(25)18(24)21-11-10-14-6-3-4-12-23(14)29(26,27)17-9-5-13-28-17/h1-2,5,7-9,13-14H,3-4,6,10-12H2,(H,21,24)(H,22,25)/t14-/m0/s1. The molecule has 29 heavy (non-hydrogen) atoms. The number of para-hydroxylation sites is 1. The second-order valence-corrected chi connectivity index (χ2v) is 9.74. The van der Waals surface area contributed by atoms with Gasteiger partial charge in [0.05, 0.1) is 5.69 Å². The number of amides is 2. The summed E-state index contributed by atoms with van der Waals surface area (Å²) in [6.07, 6.45) is 2.78. The van der Waals surface area contributed by atoms with Crippen LogP contribution in [-0.2, 0) is 19.6 Å².